The molecule has 120 valence electrons. The fourth-order valence-electron chi connectivity index (χ4n) is 3.08. The van der Waals surface area contributed by atoms with Crippen LogP contribution in [0.3, 0.4) is 0 Å². The number of carbonyl (C=O) groups excluding carboxylic acids is 1. The number of aromatic nitrogens is 1. The van der Waals surface area contributed by atoms with Gasteiger partial charge in [-0.1, -0.05) is 37.3 Å². The topological polar surface area (TPSA) is 73.4 Å². The molecule has 2 unspecified atom stereocenters. The minimum Gasteiger partial charge on any atom is -0.480 e. The van der Waals surface area contributed by atoms with Gasteiger partial charge in [0.1, 0.15) is 11.7 Å². The molecule has 1 saturated heterocycles. The van der Waals surface area contributed by atoms with Crippen LogP contribution in [0.15, 0.2) is 42.5 Å². The van der Waals surface area contributed by atoms with Crippen molar-refractivity contribution >= 4 is 11.9 Å². The Hall–Kier alpha value is -2.56. The summed E-state index contributed by atoms with van der Waals surface area (Å²) in [5.41, 5.74) is 2.28. The summed E-state index contributed by atoms with van der Waals surface area (Å²) < 4.78 is 0. The van der Waals surface area contributed by atoms with E-state index in [1.807, 2.05) is 43.3 Å². The summed E-state index contributed by atoms with van der Waals surface area (Å²) in [6.45, 7) is 2.51. The first-order valence-electron chi connectivity index (χ1n) is 7.84. The van der Waals surface area contributed by atoms with Gasteiger partial charge in [-0.15, -0.1) is 0 Å². The molecule has 0 saturated carbocycles. The maximum atomic E-state index is 12.7. The number of nitrogens with one attached hydrogen (secondary N) is 1. The minimum atomic E-state index is -0.931. The van der Waals surface area contributed by atoms with Gasteiger partial charge in [0, 0.05) is 12.2 Å². The first kappa shape index (κ1) is 15.3. The molecule has 2 atom stereocenters. The van der Waals surface area contributed by atoms with Gasteiger partial charge in [-0.25, -0.2) is 4.79 Å². The summed E-state index contributed by atoms with van der Waals surface area (Å²) in [6, 6.07) is 12.6. The van der Waals surface area contributed by atoms with E-state index in [2.05, 4.69) is 4.98 Å². The van der Waals surface area contributed by atoms with Crippen molar-refractivity contribution in [1.82, 2.24) is 9.88 Å². The van der Waals surface area contributed by atoms with E-state index in [4.69, 9.17) is 0 Å². The monoisotopic (exact) mass is 312 g/mol. The van der Waals surface area contributed by atoms with Crippen molar-refractivity contribution in [1.29, 1.82) is 0 Å². The van der Waals surface area contributed by atoms with Gasteiger partial charge < -0.3 is 15.0 Å². The van der Waals surface area contributed by atoms with Gasteiger partial charge >= 0.3 is 5.97 Å². The first-order valence-corrected chi connectivity index (χ1v) is 7.84. The smallest absolute Gasteiger partial charge is 0.326 e. The standard InChI is InChI=1S/C18H20N2O3/c1-12-9-10-20(16(11-12)18(22)23)17(21)15-8-7-14(19-15)13-5-3-2-4-6-13/h2-8,12,16,19H,9-11H2,1H3,(H,22,23). The van der Waals surface area contributed by atoms with Gasteiger partial charge in [0.05, 0.1) is 0 Å². The summed E-state index contributed by atoms with van der Waals surface area (Å²) in [4.78, 5) is 28.8. The van der Waals surface area contributed by atoms with Gasteiger partial charge in [-0.05, 0) is 36.5 Å². The van der Waals surface area contributed by atoms with Crippen molar-refractivity contribution in [3.8, 4) is 11.3 Å². The molecular weight excluding hydrogens is 292 g/mol. The van der Waals surface area contributed by atoms with Crippen LogP contribution in [0.5, 0.6) is 0 Å². The number of aromatic amines is 1. The number of carboxylic acid groups (broad SMARTS) is 1. The molecule has 1 aromatic heterocycles. The van der Waals surface area contributed by atoms with Crippen LogP contribution in [-0.2, 0) is 4.79 Å². The van der Waals surface area contributed by atoms with Crippen molar-refractivity contribution in [3.05, 3.63) is 48.2 Å². The van der Waals surface area contributed by atoms with Gasteiger partial charge in [0.25, 0.3) is 5.91 Å². The number of amides is 1. The summed E-state index contributed by atoms with van der Waals surface area (Å²) in [7, 11) is 0. The number of piperidine rings is 1. The number of hydrogen-bond acceptors (Lipinski definition) is 2. The Morgan fingerprint density at radius 1 is 1.17 bits per heavy atom. The van der Waals surface area contributed by atoms with Crippen LogP contribution in [0.2, 0.25) is 0 Å². The molecule has 0 bridgehead atoms. The number of carboxylic acids is 1. The largest absolute Gasteiger partial charge is 0.480 e. The van der Waals surface area contributed by atoms with E-state index in [1.165, 1.54) is 4.90 Å². The van der Waals surface area contributed by atoms with E-state index in [0.29, 0.717) is 24.6 Å². The summed E-state index contributed by atoms with van der Waals surface area (Å²) in [5.74, 6) is -0.852. The van der Waals surface area contributed by atoms with E-state index < -0.39 is 12.0 Å². The third-order valence-corrected chi connectivity index (χ3v) is 4.41. The van der Waals surface area contributed by atoms with E-state index >= 15 is 0 Å². The Balaban J connectivity index is 1.83. The van der Waals surface area contributed by atoms with E-state index in [0.717, 1.165) is 17.7 Å². The van der Waals surface area contributed by atoms with Crippen LogP contribution < -0.4 is 0 Å². The summed E-state index contributed by atoms with van der Waals surface area (Å²) >= 11 is 0. The molecule has 2 heterocycles. The molecular formula is C18H20N2O3. The number of benzene rings is 1. The fourth-order valence-corrected chi connectivity index (χ4v) is 3.08. The van der Waals surface area contributed by atoms with Crippen LogP contribution in [0.4, 0.5) is 0 Å². The zero-order valence-corrected chi connectivity index (χ0v) is 13.0. The second kappa shape index (κ2) is 6.28. The maximum absolute atomic E-state index is 12.7. The molecule has 1 amide bonds. The molecule has 23 heavy (non-hydrogen) atoms. The fraction of sp³-hybridized carbons (Fsp3) is 0.333. The number of nitrogens with zero attached hydrogens (tertiary/aromatic N) is 1. The van der Waals surface area contributed by atoms with E-state index in [9.17, 15) is 14.7 Å². The van der Waals surface area contributed by atoms with Crippen LogP contribution in [0, 0.1) is 5.92 Å². The van der Waals surface area contributed by atoms with Crippen molar-refractivity contribution < 1.29 is 14.7 Å². The van der Waals surface area contributed by atoms with E-state index in [-0.39, 0.29) is 5.91 Å². The van der Waals surface area contributed by atoms with Crippen LogP contribution >= 0.6 is 0 Å². The minimum absolute atomic E-state index is 0.244. The Kier molecular flexibility index (Phi) is 4.19. The van der Waals surface area contributed by atoms with Gasteiger partial charge in [-0.2, -0.15) is 0 Å². The summed E-state index contributed by atoms with van der Waals surface area (Å²) in [6.07, 6.45) is 1.34. The number of rotatable bonds is 3. The van der Waals surface area contributed by atoms with Crippen LogP contribution in [-0.4, -0.2) is 39.5 Å². The molecule has 2 aromatic rings. The van der Waals surface area contributed by atoms with Crippen molar-refractivity contribution in [2.24, 2.45) is 5.92 Å². The molecule has 0 radical (unpaired) electrons. The normalized spacial score (nSPS) is 21.2. The quantitative estimate of drug-likeness (QED) is 0.915. The van der Waals surface area contributed by atoms with Crippen LogP contribution in [0.25, 0.3) is 11.3 Å². The van der Waals surface area contributed by atoms with Gasteiger partial charge in [0.15, 0.2) is 0 Å². The average Bonchev–Trinajstić information content (AvgIpc) is 3.05. The molecule has 0 spiro atoms. The molecule has 5 nitrogen and oxygen atoms in total. The maximum Gasteiger partial charge on any atom is 0.326 e. The van der Waals surface area contributed by atoms with Crippen LogP contribution in [0.1, 0.15) is 30.3 Å². The number of carbonyl (C=O) groups is 2. The predicted octanol–water partition coefficient (Wildman–Crippen LogP) is 3.01. The third-order valence-electron chi connectivity index (χ3n) is 4.41. The number of hydrogen-bond donors (Lipinski definition) is 2. The first-order chi connectivity index (χ1) is 11.1. The molecule has 1 aliphatic heterocycles. The third kappa shape index (κ3) is 3.13. The molecule has 1 aliphatic rings. The lowest BCUT2D eigenvalue weighted by Gasteiger charge is -2.35. The lowest BCUT2D eigenvalue weighted by molar-refractivity contribution is -0.144. The SMILES string of the molecule is CC1CCN(C(=O)c2ccc(-c3ccccc3)[nH]2)C(C(=O)O)C1. The highest BCUT2D eigenvalue weighted by Gasteiger charge is 2.35. The average molecular weight is 312 g/mol. The Morgan fingerprint density at radius 2 is 1.91 bits per heavy atom. The highest BCUT2D eigenvalue weighted by Crippen LogP contribution is 2.25. The predicted molar refractivity (Wildman–Crippen MR) is 87.1 cm³/mol. The number of aliphatic carboxylic acids is 1. The van der Waals surface area contributed by atoms with Crippen molar-refractivity contribution in [2.45, 2.75) is 25.8 Å². The second-order valence-corrected chi connectivity index (χ2v) is 6.13. The highest BCUT2D eigenvalue weighted by atomic mass is 16.4. The second-order valence-electron chi connectivity index (χ2n) is 6.13. The molecule has 5 heteroatoms. The molecule has 1 aromatic carbocycles. The zero-order valence-electron chi connectivity index (χ0n) is 13.0. The molecule has 3 rings (SSSR count). The number of likely N-dealkylation sites (tertiary alicyclic amines) is 1. The molecule has 0 aliphatic carbocycles. The lowest BCUT2D eigenvalue weighted by atomic mass is 9.92. The Morgan fingerprint density at radius 3 is 2.61 bits per heavy atom. The highest BCUT2D eigenvalue weighted by molar-refractivity contribution is 5.96. The molecule has 2 N–H and O–H groups in total. The Labute approximate surface area is 134 Å². The van der Waals surface area contributed by atoms with E-state index in [1.54, 1.807) is 6.07 Å². The van der Waals surface area contributed by atoms with Crippen molar-refractivity contribution in [3.63, 3.8) is 0 Å². The van der Waals surface area contributed by atoms with Gasteiger partial charge in [0.2, 0.25) is 0 Å². The Bertz CT molecular complexity index is 708. The lowest BCUT2D eigenvalue weighted by Crippen LogP contribution is -2.49. The van der Waals surface area contributed by atoms with Crippen molar-refractivity contribution in [2.75, 3.05) is 6.54 Å². The zero-order chi connectivity index (χ0) is 16.4. The summed E-state index contributed by atoms with van der Waals surface area (Å²) in [5, 5.41) is 9.40. The number of H-pyrrole nitrogens is 1. The van der Waals surface area contributed by atoms with Gasteiger partial charge in [-0.3, -0.25) is 4.79 Å². The molecule has 1 fully saturated rings.